The molecule has 7 nitrogen and oxygen atoms in total. The van der Waals surface area contributed by atoms with Crippen molar-refractivity contribution in [2.24, 2.45) is 0 Å². The summed E-state index contributed by atoms with van der Waals surface area (Å²) in [7, 11) is 1.58. The molecule has 1 aromatic carbocycles. The van der Waals surface area contributed by atoms with E-state index in [0.717, 1.165) is 6.54 Å². The summed E-state index contributed by atoms with van der Waals surface area (Å²) in [5.74, 6) is -0.0151. The highest BCUT2D eigenvalue weighted by molar-refractivity contribution is 5.96. The van der Waals surface area contributed by atoms with Gasteiger partial charge in [-0.2, -0.15) is 0 Å². The normalized spacial score (nSPS) is 18.2. The number of hydrogen-bond donors (Lipinski definition) is 1. The number of carbonyl (C=O) groups is 2. The number of piperazine rings is 1. The van der Waals surface area contributed by atoms with Gasteiger partial charge in [0, 0.05) is 40.2 Å². The molecule has 1 atom stereocenters. The zero-order valence-corrected chi connectivity index (χ0v) is 14.4. The number of aryl methyl sites for hydroxylation is 1. The number of amides is 2. The third kappa shape index (κ3) is 3.88. The molecule has 7 heteroatoms. The van der Waals surface area contributed by atoms with Crippen LogP contribution in [0.4, 0.5) is 0 Å². The summed E-state index contributed by atoms with van der Waals surface area (Å²) in [6.45, 7) is 4.09. The van der Waals surface area contributed by atoms with Gasteiger partial charge in [0.2, 0.25) is 5.91 Å². The van der Waals surface area contributed by atoms with Crippen LogP contribution in [-0.2, 0) is 11.3 Å². The van der Waals surface area contributed by atoms with Crippen LogP contribution < -0.4 is 5.32 Å². The van der Waals surface area contributed by atoms with Crippen LogP contribution in [0.2, 0.25) is 0 Å². The Bertz CT molecular complexity index is 744. The van der Waals surface area contributed by atoms with Crippen molar-refractivity contribution in [1.29, 1.82) is 0 Å². The molecule has 3 rings (SSSR count). The molecule has 1 N–H and O–H groups in total. The molecule has 1 unspecified atom stereocenters. The molecule has 0 radical (unpaired) electrons. The second-order valence-electron chi connectivity index (χ2n) is 6.10. The summed E-state index contributed by atoms with van der Waals surface area (Å²) in [6.07, 6.45) is 1.34. The van der Waals surface area contributed by atoms with Crippen molar-refractivity contribution in [2.75, 3.05) is 26.7 Å². The predicted octanol–water partition coefficient (Wildman–Crippen LogP) is 1.06. The van der Waals surface area contributed by atoms with Crippen LogP contribution in [0.1, 0.15) is 21.9 Å². The lowest BCUT2D eigenvalue weighted by Crippen LogP contribution is -2.60. The van der Waals surface area contributed by atoms with E-state index < -0.39 is 6.04 Å². The smallest absolute Gasteiger partial charge is 0.276 e. The second kappa shape index (κ2) is 7.48. The molecule has 2 amide bonds. The van der Waals surface area contributed by atoms with Crippen molar-refractivity contribution in [3.8, 4) is 0 Å². The molecule has 0 saturated carbocycles. The first kappa shape index (κ1) is 17.2. The third-order valence-electron chi connectivity index (χ3n) is 4.36. The average molecular weight is 342 g/mol. The zero-order chi connectivity index (χ0) is 17.8. The van der Waals surface area contributed by atoms with Crippen LogP contribution >= 0.6 is 0 Å². The molecule has 1 aliphatic heterocycles. The highest BCUT2D eigenvalue weighted by Crippen LogP contribution is 2.17. The molecular formula is C18H22N4O3. The van der Waals surface area contributed by atoms with Crippen LogP contribution in [0.15, 0.2) is 41.0 Å². The molecule has 0 spiro atoms. The molecule has 2 heterocycles. The first-order chi connectivity index (χ1) is 12.1. The van der Waals surface area contributed by atoms with Gasteiger partial charge >= 0.3 is 0 Å². The Morgan fingerprint density at radius 1 is 1.28 bits per heavy atom. The first-order valence-electron chi connectivity index (χ1n) is 8.29. The Morgan fingerprint density at radius 2 is 2.04 bits per heavy atom. The molecule has 1 fully saturated rings. The Balaban J connectivity index is 1.74. The van der Waals surface area contributed by atoms with Crippen molar-refractivity contribution in [3.05, 3.63) is 53.7 Å². The summed E-state index contributed by atoms with van der Waals surface area (Å²) in [5, 5.41) is 2.66. The highest BCUT2D eigenvalue weighted by Gasteiger charge is 2.36. The maximum Gasteiger partial charge on any atom is 0.276 e. The fourth-order valence-electron chi connectivity index (χ4n) is 3.07. The van der Waals surface area contributed by atoms with E-state index in [1.54, 1.807) is 18.9 Å². The second-order valence-corrected chi connectivity index (χ2v) is 6.10. The van der Waals surface area contributed by atoms with Gasteiger partial charge in [0.05, 0.1) is 0 Å². The highest BCUT2D eigenvalue weighted by atomic mass is 16.3. The minimum atomic E-state index is -0.549. The lowest BCUT2D eigenvalue weighted by atomic mass is 10.1. The van der Waals surface area contributed by atoms with Crippen LogP contribution in [-0.4, -0.2) is 59.3 Å². The van der Waals surface area contributed by atoms with E-state index in [0.29, 0.717) is 25.5 Å². The Morgan fingerprint density at radius 3 is 2.68 bits per heavy atom. The monoisotopic (exact) mass is 342 g/mol. The van der Waals surface area contributed by atoms with Gasteiger partial charge in [0.15, 0.2) is 11.6 Å². The number of hydrogen-bond acceptors (Lipinski definition) is 5. The van der Waals surface area contributed by atoms with E-state index in [9.17, 15) is 9.59 Å². The largest absolute Gasteiger partial charge is 0.448 e. The number of aromatic nitrogens is 1. The summed E-state index contributed by atoms with van der Waals surface area (Å²) < 4.78 is 5.13. The van der Waals surface area contributed by atoms with E-state index in [4.69, 9.17) is 4.42 Å². The van der Waals surface area contributed by atoms with E-state index in [1.165, 1.54) is 11.8 Å². The van der Waals surface area contributed by atoms with Crippen molar-refractivity contribution in [2.45, 2.75) is 19.5 Å². The zero-order valence-electron chi connectivity index (χ0n) is 14.4. The number of rotatable bonds is 4. The van der Waals surface area contributed by atoms with Crippen molar-refractivity contribution in [3.63, 3.8) is 0 Å². The standard InChI is InChI=1S/C18H22N4O3/c1-13-20-15(12-25-13)18(24)22-9-8-21(11-16(22)17(23)19-2)10-14-6-4-3-5-7-14/h3-7,12,16H,8-11H2,1-2H3,(H,19,23). The van der Waals surface area contributed by atoms with Crippen LogP contribution in [0.3, 0.4) is 0 Å². The first-order valence-corrected chi connectivity index (χ1v) is 8.29. The van der Waals surface area contributed by atoms with E-state index in [1.807, 2.05) is 18.2 Å². The summed E-state index contributed by atoms with van der Waals surface area (Å²) in [4.78, 5) is 32.9. The molecule has 0 aliphatic carbocycles. The quantitative estimate of drug-likeness (QED) is 0.899. The molecule has 2 aromatic rings. The number of nitrogens with one attached hydrogen (secondary N) is 1. The van der Waals surface area contributed by atoms with Gasteiger partial charge < -0.3 is 14.6 Å². The lowest BCUT2D eigenvalue weighted by molar-refractivity contribution is -0.127. The van der Waals surface area contributed by atoms with Crippen LogP contribution in [0.25, 0.3) is 0 Å². The van der Waals surface area contributed by atoms with E-state index in [-0.39, 0.29) is 17.5 Å². The van der Waals surface area contributed by atoms with Gasteiger partial charge in [-0.1, -0.05) is 30.3 Å². The number of oxazole rings is 1. The Hall–Kier alpha value is -2.67. The van der Waals surface area contributed by atoms with Crippen molar-refractivity contribution >= 4 is 11.8 Å². The number of likely N-dealkylation sites (N-methyl/N-ethyl adjacent to an activating group) is 1. The minimum absolute atomic E-state index is 0.175. The average Bonchev–Trinajstić information content (AvgIpc) is 3.07. The fraction of sp³-hybridized carbons (Fsp3) is 0.389. The van der Waals surface area contributed by atoms with Gasteiger partial charge in [-0.25, -0.2) is 4.98 Å². The van der Waals surface area contributed by atoms with E-state index in [2.05, 4.69) is 27.3 Å². The molecular weight excluding hydrogens is 320 g/mol. The summed E-state index contributed by atoms with van der Waals surface area (Å²) in [6, 6.07) is 9.55. The van der Waals surface area contributed by atoms with Crippen LogP contribution in [0, 0.1) is 6.92 Å². The molecule has 0 bridgehead atoms. The van der Waals surface area contributed by atoms with Crippen LogP contribution in [0.5, 0.6) is 0 Å². The van der Waals surface area contributed by atoms with Gasteiger partial charge in [-0.05, 0) is 5.56 Å². The predicted molar refractivity (Wildman–Crippen MR) is 91.9 cm³/mol. The van der Waals surface area contributed by atoms with E-state index >= 15 is 0 Å². The van der Waals surface area contributed by atoms with Gasteiger partial charge in [0.25, 0.3) is 5.91 Å². The van der Waals surface area contributed by atoms with Crippen molar-refractivity contribution < 1.29 is 14.0 Å². The SMILES string of the molecule is CNC(=O)C1CN(Cc2ccccc2)CCN1C(=O)c1coc(C)n1. The van der Waals surface area contributed by atoms with Gasteiger partial charge in [0.1, 0.15) is 12.3 Å². The number of carbonyl (C=O) groups excluding carboxylic acids is 2. The maximum atomic E-state index is 12.7. The van der Waals surface area contributed by atoms with Gasteiger partial charge in [-0.3, -0.25) is 14.5 Å². The number of benzene rings is 1. The minimum Gasteiger partial charge on any atom is -0.448 e. The molecule has 1 aliphatic rings. The molecule has 1 saturated heterocycles. The number of nitrogens with zero attached hydrogens (tertiary/aromatic N) is 3. The van der Waals surface area contributed by atoms with Crippen molar-refractivity contribution in [1.82, 2.24) is 20.1 Å². The topological polar surface area (TPSA) is 78.7 Å². The third-order valence-corrected chi connectivity index (χ3v) is 4.36. The van der Waals surface area contributed by atoms with Gasteiger partial charge in [-0.15, -0.1) is 0 Å². The molecule has 132 valence electrons. The Labute approximate surface area is 146 Å². The summed E-state index contributed by atoms with van der Waals surface area (Å²) >= 11 is 0. The Kier molecular flexibility index (Phi) is 5.14. The lowest BCUT2D eigenvalue weighted by Gasteiger charge is -2.40. The summed E-state index contributed by atoms with van der Waals surface area (Å²) in [5.41, 5.74) is 1.42. The molecule has 25 heavy (non-hydrogen) atoms. The molecule has 1 aromatic heterocycles. The maximum absolute atomic E-state index is 12.7. The fourth-order valence-corrected chi connectivity index (χ4v) is 3.07.